The van der Waals surface area contributed by atoms with Gasteiger partial charge in [0.1, 0.15) is 0 Å². The Balaban J connectivity index is 2.66. The molecule has 7 nitrogen and oxygen atoms in total. The summed E-state index contributed by atoms with van der Waals surface area (Å²) in [5, 5.41) is 24.3. The molecule has 0 aliphatic carbocycles. The minimum absolute atomic E-state index is 0.0417. The lowest BCUT2D eigenvalue weighted by molar-refractivity contribution is -0.384. The van der Waals surface area contributed by atoms with E-state index in [1.807, 2.05) is 13.8 Å². The van der Waals surface area contributed by atoms with Gasteiger partial charge in [0.25, 0.3) is 5.69 Å². The second kappa shape index (κ2) is 5.53. The molecule has 0 unspecified atom stereocenters. The molecule has 1 N–H and O–H groups in total. The lowest BCUT2D eigenvalue weighted by Gasteiger charge is -2.09. The molecule has 8 heteroatoms. The number of rotatable bonds is 4. The maximum absolute atomic E-state index is 11.3. The molecule has 2 rings (SSSR count). The van der Waals surface area contributed by atoms with Gasteiger partial charge in [-0.15, -0.1) is 0 Å². The lowest BCUT2D eigenvalue weighted by Crippen LogP contribution is -2.08. The molecule has 0 saturated heterocycles. The van der Waals surface area contributed by atoms with Crippen LogP contribution >= 0.6 is 11.6 Å². The van der Waals surface area contributed by atoms with Gasteiger partial charge < -0.3 is 5.11 Å². The number of hydrogen-bond acceptors (Lipinski definition) is 4. The van der Waals surface area contributed by atoms with E-state index in [2.05, 4.69) is 5.10 Å². The smallest absolute Gasteiger partial charge is 0.338 e. The highest BCUT2D eigenvalue weighted by Crippen LogP contribution is 2.30. The van der Waals surface area contributed by atoms with Crippen molar-refractivity contribution in [3.05, 3.63) is 50.8 Å². The van der Waals surface area contributed by atoms with E-state index in [0.29, 0.717) is 0 Å². The highest BCUT2D eigenvalue weighted by Gasteiger charge is 2.22. The van der Waals surface area contributed by atoms with Crippen molar-refractivity contribution in [2.24, 2.45) is 0 Å². The Labute approximate surface area is 124 Å². The number of benzene rings is 1. The van der Waals surface area contributed by atoms with Crippen LogP contribution in [0.4, 0.5) is 5.69 Å². The molecule has 110 valence electrons. The summed E-state index contributed by atoms with van der Waals surface area (Å²) in [5.41, 5.74) is 0.229. The minimum Gasteiger partial charge on any atom is -0.478 e. The van der Waals surface area contributed by atoms with E-state index in [9.17, 15) is 20.0 Å². The Morgan fingerprint density at radius 1 is 1.48 bits per heavy atom. The third-order valence-electron chi connectivity index (χ3n) is 2.92. The zero-order valence-electron chi connectivity index (χ0n) is 11.3. The van der Waals surface area contributed by atoms with Crippen LogP contribution in [0.1, 0.15) is 35.8 Å². The number of halogens is 1. The van der Waals surface area contributed by atoms with Crippen LogP contribution in [0.5, 0.6) is 0 Å². The van der Waals surface area contributed by atoms with Crippen molar-refractivity contribution >= 4 is 23.3 Å². The van der Waals surface area contributed by atoms with Crippen molar-refractivity contribution in [3.63, 3.8) is 0 Å². The molecule has 1 heterocycles. The molecule has 0 bridgehead atoms. The number of aromatic nitrogens is 2. The molecule has 0 spiro atoms. The molecule has 1 aromatic heterocycles. The van der Waals surface area contributed by atoms with Gasteiger partial charge >= 0.3 is 5.97 Å². The number of non-ortho nitro benzene ring substituents is 1. The number of carboxylic acids is 1. The predicted octanol–water partition coefficient (Wildman–Crippen LogP) is 3.26. The Hall–Kier alpha value is -2.41. The van der Waals surface area contributed by atoms with E-state index in [1.54, 1.807) is 12.3 Å². The number of nitro benzene ring substituents is 1. The topological polar surface area (TPSA) is 98.3 Å². The molecule has 0 aliphatic heterocycles. The van der Waals surface area contributed by atoms with Gasteiger partial charge in [-0.05, 0) is 12.0 Å². The molecule has 0 aliphatic rings. The quantitative estimate of drug-likeness (QED) is 0.690. The van der Waals surface area contributed by atoms with Crippen LogP contribution in [0.15, 0.2) is 24.4 Å². The van der Waals surface area contributed by atoms with E-state index in [4.69, 9.17) is 11.6 Å². The molecule has 0 amide bonds. The SMILES string of the molecule is CC(C)c1ccn(-c2c(Cl)cc([N+](=O)[O-])cc2C(=O)O)n1. The highest BCUT2D eigenvalue weighted by atomic mass is 35.5. The maximum atomic E-state index is 11.3. The second-order valence-electron chi connectivity index (χ2n) is 4.73. The molecule has 0 atom stereocenters. The van der Waals surface area contributed by atoms with Gasteiger partial charge in [0, 0.05) is 18.3 Å². The van der Waals surface area contributed by atoms with E-state index in [-0.39, 0.29) is 27.9 Å². The standard InChI is InChI=1S/C13H12ClN3O4/c1-7(2)11-3-4-16(15-11)12-9(13(18)19)5-8(17(20)21)6-10(12)14/h3-7H,1-2H3,(H,18,19). The van der Waals surface area contributed by atoms with Crippen molar-refractivity contribution in [2.75, 3.05) is 0 Å². The van der Waals surface area contributed by atoms with Crippen LogP contribution in [0.3, 0.4) is 0 Å². The zero-order chi connectivity index (χ0) is 15.7. The molecule has 0 saturated carbocycles. The van der Waals surface area contributed by atoms with Crippen molar-refractivity contribution in [1.82, 2.24) is 9.78 Å². The fourth-order valence-corrected chi connectivity index (χ4v) is 2.16. The van der Waals surface area contributed by atoms with Gasteiger partial charge in [0.05, 0.1) is 26.9 Å². The first-order valence-electron chi connectivity index (χ1n) is 6.08. The predicted molar refractivity (Wildman–Crippen MR) is 76.3 cm³/mol. The van der Waals surface area contributed by atoms with Crippen LogP contribution in [-0.2, 0) is 0 Å². The summed E-state index contributed by atoms with van der Waals surface area (Å²) in [5.74, 6) is -1.14. The monoisotopic (exact) mass is 309 g/mol. The summed E-state index contributed by atoms with van der Waals surface area (Å²) in [6.45, 7) is 3.89. The van der Waals surface area contributed by atoms with Gasteiger partial charge in [-0.3, -0.25) is 10.1 Å². The number of carbonyl (C=O) groups is 1. The van der Waals surface area contributed by atoms with Crippen LogP contribution < -0.4 is 0 Å². The first-order valence-corrected chi connectivity index (χ1v) is 6.46. The minimum atomic E-state index is -1.31. The average molecular weight is 310 g/mol. The summed E-state index contributed by atoms with van der Waals surface area (Å²) < 4.78 is 1.32. The first-order chi connectivity index (χ1) is 9.81. The van der Waals surface area contributed by atoms with Crippen LogP contribution in [0.25, 0.3) is 5.69 Å². The van der Waals surface area contributed by atoms with Gasteiger partial charge in [0.2, 0.25) is 0 Å². The van der Waals surface area contributed by atoms with E-state index < -0.39 is 10.9 Å². The molecular weight excluding hydrogens is 298 g/mol. The van der Waals surface area contributed by atoms with Gasteiger partial charge in [-0.1, -0.05) is 25.4 Å². The molecule has 0 radical (unpaired) electrons. The number of aromatic carboxylic acids is 1. The summed E-state index contributed by atoms with van der Waals surface area (Å²) in [7, 11) is 0. The third kappa shape index (κ3) is 2.87. The fraction of sp³-hybridized carbons (Fsp3) is 0.231. The zero-order valence-corrected chi connectivity index (χ0v) is 12.0. The summed E-state index contributed by atoms with van der Waals surface area (Å²) in [6.07, 6.45) is 1.58. The normalized spacial score (nSPS) is 10.9. The van der Waals surface area contributed by atoms with Crippen molar-refractivity contribution in [3.8, 4) is 5.69 Å². The van der Waals surface area contributed by atoms with E-state index >= 15 is 0 Å². The van der Waals surface area contributed by atoms with Crippen molar-refractivity contribution in [1.29, 1.82) is 0 Å². The Morgan fingerprint density at radius 3 is 2.62 bits per heavy atom. The Bertz CT molecular complexity index is 724. The van der Waals surface area contributed by atoms with Crippen molar-refractivity contribution < 1.29 is 14.8 Å². The van der Waals surface area contributed by atoms with Crippen LogP contribution in [0.2, 0.25) is 5.02 Å². The number of carboxylic acid groups (broad SMARTS) is 1. The van der Waals surface area contributed by atoms with E-state index in [0.717, 1.165) is 17.8 Å². The molecule has 0 fully saturated rings. The summed E-state index contributed by atoms with van der Waals surface area (Å²) in [6, 6.07) is 3.83. The highest BCUT2D eigenvalue weighted by molar-refractivity contribution is 6.33. The number of hydrogen-bond donors (Lipinski definition) is 1. The maximum Gasteiger partial charge on any atom is 0.338 e. The van der Waals surface area contributed by atoms with Gasteiger partial charge in [-0.25, -0.2) is 9.48 Å². The number of nitrogens with zero attached hydrogens (tertiary/aromatic N) is 3. The Kier molecular flexibility index (Phi) is 3.95. The number of nitro groups is 1. The van der Waals surface area contributed by atoms with Crippen LogP contribution in [0, 0.1) is 10.1 Å². The van der Waals surface area contributed by atoms with E-state index in [1.165, 1.54) is 4.68 Å². The molecule has 2 aromatic rings. The Morgan fingerprint density at radius 2 is 2.14 bits per heavy atom. The lowest BCUT2D eigenvalue weighted by atomic mass is 10.1. The summed E-state index contributed by atoms with van der Waals surface area (Å²) >= 11 is 6.02. The second-order valence-corrected chi connectivity index (χ2v) is 5.13. The van der Waals surface area contributed by atoms with Crippen LogP contribution in [-0.4, -0.2) is 25.8 Å². The fourth-order valence-electron chi connectivity index (χ4n) is 1.86. The first kappa shape index (κ1) is 15.0. The van der Waals surface area contributed by atoms with Gasteiger partial charge in [0.15, 0.2) is 0 Å². The summed E-state index contributed by atoms with van der Waals surface area (Å²) in [4.78, 5) is 21.5. The third-order valence-corrected chi connectivity index (χ3v) is 3.21. The molecular formula is C13H12ClN3O4. The largest absolute Gasteiger partial charge is 0.478 e. The van der Waals surface area contributed by atoms with Crippen molar-refractivity contribution in [2.45, 2.75) is 19.8 Å². The molecule has 21 heavy (non-hydrogen) atoms. The average Bonchev–Trinajstić information content (AvgIpc) is 2.86. The molecule has 1 aromatic carbocycles. The van der Waals surface area contributed by atoms with Gasteiger partial charge in [-0.2, -0.15) is 5.10 Å².